The average molecular weight is 381 g/mol. The van der Waals surface area contributed by atoms with E-state index in [1.54, 1.807) is 12.1 Å². The fourth-order valence-electron chi connectivity index (χ4n) is 3.86. The van der Waals surface area contributed by atoms with Crippen molar-refractivity contribution in [1.82, 2.24) is 15.1 Å². The number of benzene rings is 2. The van der Waals surface area contributed by atoms with E-state index in [0.29, 0.717) is 19.0 Å². The van der Waals surface area contributed by atoms with Crippen LogP contribution in [0.5, 0.6) is 0 Å². The third-order valence-corrected chi connectivity index (χ3v) is 5.66. The summed E-state index contributed by atoms with van der Waals surface area (Å²) in [6.07, 6.45) is 2.57. The fourth-order valence-corrected chi connectivity index (χ4v) is 3.86. The van der Waals surface area contributed by atoms with Crippen LogP contribution in [-0.4, -0.2) is 34.4 Å². The number of hydrogen-bond acceptors (Lipinski definition) is 3. The van der Waals surface area contributed by atoms with Gasteiger partial charge in [-0.15, -0.1) is 0 Å². The molecule has 1 saturated heterocycles. The van der Waals surface area contributed by atoms with Crippen molar-refractivity contribution in [3.8, 4) is 0 Å². The Morgan fingerprint density at radius 3 is 2.39 bits per heavy atom. The number of rotatable bonds is 7. The summed E-state index contributed by atoms with van der Waals surface area (Å²) < 4.78 is 13.2. The highest BCUT2D eigenvalue weighted by molar-refractivity contribution is 6.07. The molecule has 2 aromatic rings. The third-order valence-electron chi connectivity index (χ3n) is 5.66. The largest absolute Gasteiger partial charge is 0.326 e. The predicted octanol–water partition coefficient (Wildman–Crippen LogP) is 3.60. The number of carbonyl (C=O) groups excluding carboxylic acids is 2. The summed E-state index contributed by atoms with van der Waals surface area (Å²) >= 11 is 0. The van der Waals surface area contributed by atoms with Crippen molar-refractivity contribution in [2.24, 2.45) is 0 Å². The number of nitrogens with one attached hydrogen (secondary N) is 1. The topological polar surface area (TPSA) is 52.7 Å². The second-order valence-corrected chi connectivity index (χ2v) is 7.53. The monoisotopic (exact) mass is 381 g/mol. The SMILES string of the molecule is CC[C@@]1(c2ccccc2)NC(=O)N(CN(Cc2ccc(F)cc2)C2CC2)C1=O. The molecule has 0 bridgehead atoms. The van der Waals surface area contributed by atoms with Crippen LogP contribution >= 0.6 is 0 Å². The molecule has 5 nitrogen and oxygen atoms in total. The van der Waals surface area contributed by atoms with Gasteiger partial charge in [-0.3, -0.25) is 9.69 Å². The summed E-state index contributed by atoms with van der Waals surface area (Å²) in [5.41, 5.74) is 0.753. The quantitative estimate of drug-likeness (QED) is 0.746. The third kappa shape index (κ3) is 3.40. The molecule has 0 aromatic heterocycles. The van der Waals surface area contributed by atoms with E-state index in [0.717, 1.165) is 24.0 Å². The smallest absolute Gasteiger partial charge is 0.319 e. The Morgan fingerprint density at radius 2 is 1.79 bits per heavy atom. The average Bonchev–Trinajstić information content (AvgIpc) is 3.53. The van der Waals surface area contributed by atoms with Gasteiger partial charge in [0.25, 0.3) is 5.91 Å². The van der Waals surface area contributed by atoms with Crippen LogP contribution in [0.1, 0.15) is 37.3 Å². The van der Waals surface area contributed by atoms with Gasteiger partial charge in [0.2, 0.25) is 0 Å². The van der Waals surface area contributed by atoms with E-state index in [-0.39, 0.29) is 24.4 Å². The van der Waals surface area contributed by atoms with Gasteiger partial charge in [0.15, 0.2) is 0 Å². The molecule has 0 radical (unpaired) electrons. The first-order valence-corrected chi connectivity index (χ1v) is 9.71. The molecular weight excluding hydrogens is 357 g/mol. The minimum atomic E-state index is -1.01. The van der Waals surface area contributed by atoms with Gasteiger partial charge in [-0.1, -0.05) is 49.4 Å². The van der Waals surface area contributed by atoms with Crippen LogP contribution in [0.4, 0.5) is 9.18 Å². The maximum absolute atomic E-state index is 13.3. The van der Waals surface area contributed by atoms with Gasteiger partial charge in [-0.05, 0) is 42.5 Å². The minimum absolute atomic E-state index is 0.212. The molecule has 6 heteroatoms. The number of carbonyl (C=O) groups is 2. The summed E-state index contributed by atoms with van der Waals surface area (Å²) in [4.78, 5) is 29.5. The molecule has 28 heavy (non-hydrogen) atoms. The summed E-state index contributed by atoms with van der Waals surface area (Å²) in [5.74, 6) is -0.484. The highest BCUT2D eigenvalue weighted by Gasteiger charge is 2.52. The van der Waals surface area contributed by atoms with E-state index in [9.17, 15) is 14.0 Å². The van der Waals surface area contributed by atoms with Gasteiger partial charge in [0.1, 0.15) is 11.4 Å². The maximum Gasteiger partial charge on any atom is 0.326 e. The molecule has 1 aliphatic carbocycles. The second-order valence-electron chi connectivity index (χ2n) is 7.53. The van der Waals surface area contributed by atoms with Gasteiger partial charge in [-0.2, -0.15) is 0 Å². The lowest BCUT2D eigenvalue weighted by Crippen LogP contribution is -2.45. The number of imide groups is 1. The number of amides is 3. The maximum atomic E-state index is 13.3. The van der Waals surface area contributed by atoms with Crippen molar-refractivity contribution in [2.75, 3.05) is 6.67 Å². The second kappa shape index (κ2) is 7.36. The van der Waals surface area contributed by atoms with Crippen LogP contribution in [-0.2, 0) is 16.9 Å². The predicted molar refractivity (Wildman–Crippen MR) is 104 cm³/mol. The van der Waals surface area contributed by atoms with E-state index in [4.69, 9.17) is 0 Å². The zero-order valence-corrected chi connectivity index (χ0v) is 15.9. The van der Waals surface area contributed by atoms with Gasteiger partial charge in [0.05, 0.1) is 6.67 Å². The molecule has 2 fully saturated rings. The van der Waals surface area contributed by atoms with Crippen molar-refractivity contribution in [1.29, 1.82) is 0 Å². The standard InChI is InChI=1S/C22H24FN3O2/c1-2-22(17-6-4-3-5-7-17)20(27)26(21(28)24-22)15-25(19-12-13-19)14-16-8-10-18(23)11-9-16/h3-11,19H,2,12-15H2,1H3,(H,24,28)/t22-/m0/s1. The van der Waals surface area contributed by atoms with E-state index < -0.39 is 5.54 Å². The van der Waals surface area contributed by atoms with E-state index in [1.807, 2.05) is 37.3 Å². The first kappa shape index (κ1) is 18.6. The first-order chi connectivity index (χ1) is 13.5. The number of hydrogen-bond donors (Lipinski definition) is 1. The van der Waals surface area contributed by atoms with E-state index in [1.165, 1.54) is 17.0 Å². The fraction of sp³-hybridized carbons (Fsp3) is 0.364. The minimum Gasteiger partial charge on any atom is -0.319 e. The summed E-state index contributed by atoms with van der Waals surface area (Å²) in [5, 5.41) is 2.93. The van der Waals surface area contributed by atoms with E-state index in [2.05, 4.69) is 10.2 Å². The van der Waals surface area contributed by atoms with Crippen LogP contribution in [0.15, 0.2) is 54.6 Å². The lowest BCUT2D eigenvalue weighted by Gasteiger charge is -2.28. The molecule has 1 N–H and O–H groups in total. The molecule has 2 aromatic carbocycles. The van der Waals surface area contributed by atoms with Gasteiger partial charge < -0.3 is 5.32 Å². The normalized spacial score (nSPS) is 22.0. The van der Waals surface area contributed by atoms with Crippen LogP contribution in [0.2, 0.25) is 0 Å². The molecule has 1 aliphatic heterocycles. The molecule has 1 atom stereocenters. The van der Waals surface area contributed by atoms with Gasteiger partial charge in [0, 0.05) is 12.6 Å². The van der Waals surface area contributed by atoms with Gasteiger partial charge >= 0.3 is 6.03 Å². The Hall–Kier alpha value is -2.73. The summed E-state index contributed by atoms with van der Waals surface area (Å²) in [7, 11) is 0. The number of urea groups is 1. The Balaban J connectivity index is 1.55. The number of halogens is 1. The Bertz CT molecular complexity index is 867. The van der Waals surface area contributed by atoms with Crippen molar-refractivity contribution >= 4 is 11.9 Å². The molecule has 1 heterocycles. The molecule has 0 unspecified atom stereocenters. The molecular formula is C22H24FN3O2. The Kier molecular flexibility index (Phi) is 4.89. The highest BCUT2D eigenvalue weighted by Crippen LogP contribution is 2.34. The van der Waals surface area contributed by atoms with Gasteiger partial charge in [-0.25, -0.2) is 14.1 Å². The van der Waals surface area contributed by atoms with Crippen LogP contribution in [0.25, 0.3) is 0 Å². The molecule has 2 aliphatic rings. The summed E-state index contributed by atoms with van der Waals surface area (Å²) in [6, 6.07) is 15.7. The number of nitrogens with zero attached hydrogens (tertiary/aromatic N) is 2. The zero-order chi connectivity index (χ0) is 19.7. The lowest BCUT2D eigenvalue weighted by molar-refractivity contribution is -0.133. The van der Waals surface area contributed by atoms with Crippen molar-refractivity contribution in [3.63, 3.8) is 0 Å². The Morgan fingerprint density at radius 1 is 1.11 bits per heavy atom. The van der Waals surface area contributed by atoms with Crippen LogP contribution in [0, 0.1) is 5.82 Å². The summed E-state index contributed by atoms with van der Waals surface area (Å²) in [6.45, 7) is 2.72. The van der Waals surface area contributed by atoms with Crippen LogP contribution < -0.4 is 5.32 Å². The lowest BCUT2D eigenvalue weighted by atomic mass is 9.87. The molecule has 146 valence electrons. The molecule has 3 amide bonds. The van der Waals surface area contributed by atoms with Crippen molar-refractivity contribution in [2.45, 2.75) is 44.3 Å². The van der Waals surface area contributed by atoms with E-state index >= 15 is 0 Å². The highest BCUT2D eigenvalue weighted by atomic mass is 19.1. The zero-order valence-electron chi connectivity index (χ0n) is 15.9. The molecule has 0 spiro atoms. The molecule has 1 saturated carbocycles. The van der Waals surface area contributed by atoms with Crippen molar-refractivity contribution in [3.05, 3.63) is 71.5 Å². The van der Waals surface area contributed by atoms with Crippen LogP contribution in [0.3, 0.4) is 0 Å². The Labute approximate surface area is 164 Å². The first-order valence-electron chi connectivity index (χ1n) is 9.71. The van der Waals surface area contributed by atoms with Crippen molar-refractivity contribution < 1.29 is 14.0 Å². The molecule has 4 rings (SSSR count).